The number of morpholine rings is 1. The summed E-state index contributed by atoms with van der Waals surface area (Å²) in [5, 5.41) is 8.88. The van der Waals surface area contributed by atoms with Gasteiger partial charge in [-0.25, -0.2) is 4.39 Å². The highest BCUT2D eigenvalue weighted by Crippen LogP contribution is 2.33. The number of ether oxygens (including phenoxy) is 1. The van der Waals surface area contributed by atoms with Gasteiger partial charge >= 0.3 is 5.97 Å². The van der Waals surface area contributed by atoms with E-state index in [1.165, 1.54) is 23.5 Å². The number of carboxylic acids is 1. The highest BCUT2D eigenvalue weighted by molar-refractivity contribution is 7.17. The second-order valence-electron chi connectivity index (χ2n) is 5.97. The summed E-state index contributed by atoms with van der Waals surface area (Å²) in [6.45, 7) is 2.96. The molecule has 1 aliphatic heterocycles. The molecule has 1 aliphatic rings. The second kappa shape index (κ2) is 7.33. The maximum Gasteiger partial charge on any atom is 0.306 e. The highest BCUT2D eigenvalue weighted by Gasteiger charge is 2.27. The Balaban J connectivity index is 1.77. The van der Waals surface area contributed by atoms with Crippen LogP contribution < -0.4 is 0 Å². The Morgan fingerprint density at radius 2 is 2.08 bits per heavy atom. The number of thiophene rings is 1. The molecule has 7 heteroatoms. The summed E-state index contributed by atoms with van der Waals surface area (Å²) in [6.07, 6.45) is -0.596. The van der Waals surface area contributed by atoms with E-state index in [9.17, 15) is 14.0 Å². The van der Waals surface area contributed by atoms with E-state index in [2.05, 4.69) is 0 Å². The van der Waals surface area contributed by atoms with E-state index in [0.717, 1.165) is 16.0 Å². The monoisotopic (exact) mass is 363 g/mol. The zero-order valence-electron chi connectivity index (χ0n) is 13.7. The Morgan fingerprint density at radius 3 is 2.76 bits per heavy atom. The van der Waals surface area contributed by atoms with Gasteiger partial charge in [-0.3, -0.25) is 9.59 Å². The van der Waals surface area contributed by atoms with E-state index in [1.54, 1.807) is 17.0 Å². The average Bonchev–Trinajstić information content (AvgIpc) is 2.96. The molecule has 2 aromatic rings. The largest absolute Gasteiger partial charge is 0.481 e. The van der Waals surface area contributed by atoms with E-state index < -0.39 is 12.1 Å². The molecule has 1 N–H and O–H groups in total. The van der Waals surface area contributed by atoms with Crippen molar-refractivity contribution >= 4 is 23.2 Å². The fraction of sp³-hybridized carbons (Fsp3) is 0.333. The van der Waals surface area contributed by atoms with Gasteiger partial charge in [-0.15, -0.1) is 11.3 Å². The minimum absolute atomic E-state index is 0.117. The van der Waals surface area contributed by atoms with Gasteiger partial charge in [-0.2, -0.15) is 0 Å². The van der Waals surface area contributed by atoms with E-state index in [1.807, 2.05) is 13.0 Å². The number of amides is 1. The van der Waals surface area contributed by atoms with Gasteiger partial charge in [0.1, 0.15) is 5.82 Å². The Labute approximate surface area is 148 Å². The Kier molecular flexibility index (Phi) is 5.15. The minimum Gasteiger partial charge on any atom is -0.481 e. The zero-order chi connectivity index (χ0) is 18.0. The van der Waals surface area contributed by atoms with Crippen LogP contribution in [0.1, 0.15) is 21.7 Å². The maximum atomic E-state index is 13.1. The van der Waals surface area contributed by atoms with E-state index in [-0.39, 0.29) is 24.7 Å². The quantitative estimate of drug-likeness (QED) is 0.906. The number of hydrogen-bond donors (Lipinski definition) is 1. The van der Waals surface area contributed by atoms with Crippen LogP contribution in [0.3, 0.4) is 0 Å². The van der Waals surface area contributed by atoms with Gasteiger partial charge in [0.15, 0.2) is 0 Å². The van der Waals surface area contributed by atoms with Crippen molar-refractivity contribution in [3.05, 3.63) is 46.6 Å². The van der Waals surface area contributed by atoms with Crippen molar-refractivity contribution in [3.63, 3.8) is 0 Å². The molecule has 0 saturated carbocycles. The molecule has 1 atom stereocenters. The SMILES string of the molecule is Cc1cc(C(=O)N2CCO[C@H](CC(=O)O)C2)sc1-c1ccc(F)cc1. The first-order valence-corrected chi connectivity index (χ1v) is 8.74. The topological polar surface area (TPSA) is 66.8 Å². The molecule has 3 rings (SSSR count). The van der Waals surface area contributed by atoms with E-state index in [0.29, 0.717) is 18.0 Å². The van der Waals surface area contributed by atoms with Crippen LogP contribution in [0.2, 0.25) is 0 Å². The van der Waals surface area contributed by atoms with Crippen molar-refractivity contribution in [3.8, 4) is 10.4 Å². The molecule has 5 nitrogen and oxygen atoms in total. The molecule has 1 aromatic heterocycles. The molecule has 0 aliphatic carbocycles. The number of benzene rings is 1. The lowest BCUT2D eigenvalue weighted by molar-refractivity contribution is -0.141. The van der Waals surface area contributed by atoms with E-state index >= 15 is 0 Å². The lowest BCUT2D eigenvalue weighted by Gasteiger charge is -2.32. The fourth-order valence-electron chi connectivity index (χ4n) is 2.85. The number of nitrogens with zero attached hydrogens (tertiary/aromatic N) is 1. The molecule has 2 heterocycles. The number of carbonyl (C=O) groups excluding carboxylic acids is 1. The third-order valence-electron chi connectivity index (χ3n) is 4.06. The molecule has 0 bridgehead atoms. The van der Waals surface area contributed by atoms with Crippen LogP contribution in [-0.2, 0) is 9.53 Å². The lowest BCUT2D eigenvalue weighted by atomic mass is 10.1. The van der Waals surface area contributed by atoms with Crippen LogP contribution in [0.5, 0.6) is 0 Å². The van der Waals surface area contributed by atoms with Gasteiger partial charge in [-0.05, 0) is 36.2 Å². The minimum atomic E-state index is -0.940. The van der Waals surface area contributed by atoms with Crippen LogP contribution >= 0.6 is 11.3 Å². The van der Waals surface area contributed by atoms with Gasteiger partial charge in [0.25, 0.3) is 5.91 Å². The molecule has 1 aromatic carbocycles. The summed E-state index contributed by atoms with van der Waals surface area (Å²) in [4.78, 5) is 26.7. The molecular formula is C18H18FNO4S. The molecule has 25 heavy (non-hydrogen) atoms. The van der Waals surface area contributed by atoms with Gasteiger partial charge in [0.2, 0.25) is 0 Å². The highest BCUT2D eigenvalue weighted by atomic mass is 32.1. The lowest BCUT2D eigenvalue weighted by Crippen LogP contribution is -2.46. The predicted octanol–water partition coefficient (Wildman–Crippen LogP) is 3.18. The smallest absolute Gasteiger partial charge is 0.306 e. The summed E-state index contributed by atoms with van der Waals surface area (Å²) in [5.74, 6) is -1.36. The van der Waals surface area contributed by atoms with Crippen molar-refractivity contribution in [2.45, 2.75) is 19.4 Å². The standard InChI is InChI=1S/C18H18FNO4S/c1-11-8-15(25-17(11)12-2-4-13(19)5-3-12)18(23)20-6-7-24-14(10-20)9-16(21)22/h2-5,8,14H,6-7,9-10H2,1H3,(H,21,22)/t14-/m1/s1. The first kappa shape index (κ1) is 17.6. The molecule has 1 amide bonds. The Bertz CT molecular complexity index is 787. The number of carbonyl (C=O) groups is 2. The third-order valence-corrected chi connectivity index (χ3v) is 5.34. The van der Waals surface area contributed by atoms with Crippen LogP contribution in [0.25, 0.3) is 10.4 Å². The van der Waals surface area contributed by atoms with Crippen LogP contribution in [-0.4, -0.2) is 47.7 Å². The van der Waals surface area contributed by atoms with Crippen LogP contribution in [0.4, 0.5) is 4.39 Å². The number of rotatable bonds is 4. The number of halogens is 1. The fourth-order valence-corrected chi connectivity index (χ4v) is 4.00. The molecule has 132 valence electrons. The molecule has 1 saturated heterocycles. The molecule has 0 radical (unpaired) electrons. The van der Waals surface area contributed by atoms with Crippen molar-refractivity contribution in [2.24, 2.45) is 0 Å². The van der Waals surface area contributed by atoms with Crippen molar-refractivity contribution < 1.29 is 23.8 Å². The number of aliphatic carboxylic acids is 1. The Morgan fingerprint density at radius 1 is 1.36 bits per heavy atom. The second-order valence-corrected chi connectivity index (χ2v) is 7.02. The summed E-state index contributed by atoms with van der Waals surface area (Å²) < 4.78 is 18.5. The van der Waals surface area contributed by atoms with Gasteiger partial charge in [0.05, 0.1) is 24.0 Å². The first-order valence-electron chi connectivity index (χ1n) is 7.93. The zero-order valence-corrected chi connectivity index (χ0v) is 14.5. The maximum absolute atomic E-state index is 13.1. The molecule has 0 spiro atoms. The van der Waals surface area contributed by atoms with Gasteiger partial charge in [0, 0.05) is 18.0 Å². The van der Waals surface area contributed by atoms with E-state index in [4.69, 9.17) is 9.84 Å². The average molecular weight is 363 g/mol. The van der Waals surface area contributed by atoms with Gasteiger partial charge < -0.3 is 14.7 Å². The first-order chi connectivity index (χ1) is 11.9. The van der Waals surface area contributed by atoms with Crippen molar-refractivity contribution in [1.82, 2.24) is 4.90 Å². The molecular weight excluding hydrogens is 345 g/mol. The van der Waals surface area contributed by atoms with Gasteiger partial charge in [-0.1, -0.05) is 12.1 Å². The molecule has 0 unspecified atom stereocenters. The number of aryl methyl sites for hydroxylation is 1. The number of carboxylic acid groups (broad SMARTS) is 1. The summed E-state index contributed by atoms with van der Waals surface area (Å²) in [7, 11) is 0. The number of hydrogen-bond acceptors (Lipinski definition) is 4. The summed E-state index contributed by atoms with van der Waals surface area (Å²) >= 11 is 1.36. The van der Waals surface area contributed by atoms with Crippen LogP contribution in [0, 0.1) is 12.7 Å². The normalized spacial score (nSPS) is 17.5. The summed E-state index contributed by atoms with van der Waals surface area (Å²) in [5.41, 5.74) is 1.82. The predicted molar refractivity (Wildman–Crippen MR) is 92.3 cm³/mol. The van der Waals surface area contributed by atoms with Crippen molar-refractivity contribution in [2.75, 3.05) is 19.7 Å². The Hall–Kier alpha value is -2.25. The summed E-state index contributed by atoms with van der Waals surface area (Å²) in [6, 6.07) is 8.01. The van der Waals surface area contributed by atoms with Crippen molar-refractivity contribution in [1.29, 1.82) is 0 Å². The third kappa shape index (κ3) is 4.05. The van der Waals surface area contributed by atoms with Crippen LogP contribution in [0.15, 0.2) is 30.3 Å². The molecule has 1 fully saturated rings.